The molecule has 254 valence electrons. The van der Waals surface area contributed by atoms with E-state index in [4.69, 9.17) is 34.7 Å². The number of nitrogens with zero attached hydrogens (tertiary/aromatic N) is 4. The van der Waals surface area contributed by atoms with E-state index in [2.05, 4.69) is 15.2 Å². The van der Waals surface area contributed by atoms with E-state index < -0.39 is 56.2 Å². The van der Waals surface area contributed by atoms with E-state index in [-0.39, 0.29) is 41.0 Å². The van der Waals surface area contributed by atoms with Crippen LogP contribution in [0.15, 0.2) is 36.7 Å². The number of aromatic nitrogens is 3. The third kappa shape index (κ3) is 7.33. The van der Waals surface area contributed by atoms with Crippen LogP contribution in [0.5, 0.6) is 5.75 Å². The molecule has 1 unspecified atom stereocenters. The molecule has 3 heterocycles. The van der Waals surface area contributed by atoms with Crippen LogP contribution in [-0.2, 0) is 33.7 Å². The minimum Gasteiger partial charge on any atom is -0.465 e. The van der Waals surface area contributed by atoms with E-state index >= 15 is 0 Å². The van der Waals surface area contributed by atoms with Crippen LogP contribution in [0.2, 0.25) is 0 Å². The van der Waals surface area contributed by atoms with Gasteiger partial charge in [0.1, 0.15) is 53.6 Å². The average molecular weight is 676 g/mol. The Hall–Kier alpha value is -4.30. The molecule has 47 heavy (non-hydrogen) atoms. The van der Waals surface area contributed by atoms with E-state index in [1.165, 1.54) is 41.8 Å². The predicted molar refractivity (Wildman–Crippen MR) is 166 cm³/mol. The van der Waals surface area contributed by atoms with E-state index in [1.807, 2.05) is 19.9 Å². The van der Waals surface area contributed by atoms with Crippen LogP contribution >= 0.6 is 7.75 Å². The Morgan fingerprint density at radius 3 is 2.62 bits per heavy atom. The van der Waals surface area contributed by atoms with Crippen LogP contribution in [0.3, 0.4) is 0 Å². The van der Waals surface area contributed by atoms with Crippen molar-refractivity contribution in [2.45, 2.75) is 63.6 Å². The highest BCUT2D eigenvalue weighted by Crippen LogP contribution is 2.48. The van der Waals surface area contributed by atoms with Crippen LogP contribution < -0.4 is 21.1 Å². The van der Waals surface area contributed by atoms with Gasteiger partial charge in [0.05, 0.1) is 26.0 Å². The number of aliphatic hydroxyl groups is 2. The number of nitrogens with one attached hydrogen (secondary N) is 1. The monoisotopic (exact) mass is 675 g/mol. The highest BCUT2D eigenvalue weighted by molar-refractivity contribution is 7.52. The molecule has 0 radical (unpaired) electrons. The summed E-state index contributed by atoms with van der Waals surface area (Å²) in [5, 5.41) is 38.8. The zero-order valence-corrected chi connectivity index (χ0v) is 27.1. The summed E-state index contributed by atoms with van der Waals surface area (Å²) in [4.78, 5) is 29.2. The molecule has 0 spiro atoms. The first-order valence-corrected chi connectivity index (χ1v) is 16.3. The maximum absolute atomic E-state index is 14.3. The topological polar surface area (TPSA) is 256 Å². The molecular formula is C29H38N7O10P. The molecule has 7 N–H and O–H groups in total. The SMILES string of the molecule is CCC(CC)COC(=O)[C@H](C)NP(=O)(OC[C@H]1O[C@@](C#N)(c2ccc3c(N)ncnn23)[C@H](O)[C@@H]1O)Oc1cc(N)ccc1C(=O)OC. The van der Waals surface area contributed by atoms with E-state index in [0.717, 1.165) is 26.3 Å². The van der Waals surface area contributed by atoms with Gasteiger partial charge in [-0.25, -0.2) is 18.9 Å². The molecule has 4 rings (SSSR count). The first-order valence-electron chi connectivity index (χ1n) is 14.7. The lowest BCUT2D eigenvalue weighted by Crippen LogP contribution is -2.41. The van der Waals surface area contributed by atoms with E-state index in [0.29, 0.717) is 5.52 Å². The molecule has 0 aliphatic carbocycles. The van der Waals surface area contributed by atoms with E-state index in [1.54, 1.807) is 0 Å². The number of ether oxygens (including phenoxy) is 3. The number of carbonyl (C=O) groups excluding carboxylic acids is 2. The number of methoxy groups -OCH3 is 1. The van der Waals surface area contributed by atoms with Gasteiger partial charge in [0.25, 0.3) is 0 Å². The third-order valence-electron chi connectivity index (χ3n) is 7.85. The molecule has 18 heteroatoms. The predicted octanol–water partition coefficient (Wildman–Crippen LogP) is 1.68. The fourth-order valence-electron chi connectivity index (χ4n) is 4.97. The molecule has 2 aromatic heterocycles. The first kappa shape index (κ1) is 35.6. The van der Waals surface area contributed by atoms with Crippen molar-refractivity contribution in [1.82, 2.24) is 19.7 Å². The number of nitrogens with two attached hydrogens (primary N) is 2. The van der Waals surface area contributed by atoms with Crippen LogP contribution in [0.4, 0.5) is 11.5 Å². The molecule has 17 nitrogen and oxygen atoms in total. The Morgan fingerprint density at radius 1 is 1.23 bits per heavy atom. The highest BCUT2D eigenvalue weighted by atomic mass is 31.2. The van der Waals surface area contributed by atoms with Gasteiger partial charge < -0.3 is 40.4 Å². The second kappa shape index (κ2) is 14.6. The van der Waals surface area contributed by atoms with Crippen LogP contribution in [0.25, 0.3) is 5.52 Å². The summed E-state index contributed by atoms with van der Waals surface area (Å²) in [5.74, 6) is -1.70. The number of hydrogen-bond acceptors (Lipinski definition) is 15. The Labute approximate surface area is 270 Å². The van der Waals surface area contributed by atoms with Crippen molar-refractivity contribution in [3.63, 3.8) is 0 Å². The zero-order chi connectivity index (χ0) is 34.5. The van der Waals surface area contributed by atoms with Crippen molar-refractivity contribution >= 4 is 36.7 Å². The van der Waals surface area contributed by atoms with Crippen molar-refractivity contribution in [3.05, 3.63) is 47.9 Å². The zero-order valence-electron chi connectivity index (χ0n) is 26.2. The molecule has 6 atom stereocenters. The summed E-state index contributed by atoms with van der Waals surface area (Å²) in [6.45, 7) is 4.68. The summed E-state index contributed by atoms with van der Waals surface area (Å²) in [7, 11) is -3.54. The highest BCUT2D eigenvalue weighted by Gasteiger charge is 2.58. The van der Waals surface area contributed by atoms with Crippen molar-refractivity contribution in [2.24, 2.45) is 5.92 Å². The number of rotatable bonds is 14. The van der Waals surface area contributed by atoms with Gasteiger partial charge in [0.15, 0.2) is 5.82 Å². The van der Waals surface area contributed by atoms with Gasteiger partial charge in [0.2, 0.25) is 5.60 Å². The standard InChI is InChI=1S/C29H38N7O10P/c1-5-17(6-2)12-43-27(39)16(3)35-47(41,46-21-11-18(31)7-8-19(21)28(40)42-4)44-13-22-24(37)25(38)29(14-30,45-22)23-10-9-20-26(32)33-15-34-36(20)23/h7-11,15-17,22,24-25,37-38H,5-6,12-13,31H2,1-4H3,(H,35,41)(H2,32,33,34)/t16-,22+,24+,25+,29-,47?/m0/s1. The third-order valence-corrected chi connectivity index (χ3v) is 9.48. The minimum atomic E-state index is -4.68. The Balaban J connectivity index is 1.62. The molecule has 1 saturated heterocycles. The number of anilines is 2. The lowest BCUT2D eigenvalue weighted by Gasteiger charge is -2.26. The molecule has 0 bridgehead atoms. The first-order chi connectivity index (χ1) is 22.3. The van der Waals surface area contributed by atoms with Crippen molar-refractivity contribution < 1.29 is 47.6 Å². The van der Waals surface area contributed by atoms with Crippen LogP contribution in [0.1, 0.15) is 49.7 Å². The second-order valence-corrected chi connectivity index (χ2v) is 12.6. The summed E-state index contributed by atoms with van der Waals surface area (Å²) < 4.78 is 43.0. The average Bonchev–Trinajstić information content (AvgIpc) is 3.60. The van der Waals surface area contributed by atoms with Gasteiger partial charge in [-0.2, -0.15) is 15.4 Å². The molecule has 3 aromatic rings. The lowest BCUT2D eigenvalue weighted by molar-refractivity contribution is -0.146. The quantitative estimate of drug-likeness (QED) is 0.0925. The fraction of sp³-hybridized carbons (Fsp3) is 0.483. The summed E-state index contributed by atoms with van der Waals surface area (Å²) in [6.07, 6.45) is -2.34. The number of fused-ring (bicyclic) bond motifs is 1. The Bertz CT molecular complexity index is 1690. The number of nitrogen functional groups attached to an aromatic ring is 2. The van der Waals surface area contributed by atoms with Crippen molar-refractivity contribution in [2.75, 3.05) is 31.8 Å². The Morgan fingerprint density at radius 2 is 1.96 bits per heavy atom. The second-order valence-electron chi connectivity index (χ2n) is 10.9. The number of carbonyl (C=O) groups is 2. The summed E-state index contributed by atoms with van der Waals surface area (Å²) in [6, 6.07) is 7.47. The molecule has 1 aromatic carbocycles. The molecule has 0 saturated carbocycles. The van der Waals surface area contributed by atoms with Crippen LogP contribution in [-0.4, -0.2) is 81.4 Å². The lowest BCUT2D eigenvalue weighted by atomic mass is 9.92. The number of benzene rings is 1. The number of hydrogen-bond donors (Lipinski definition) is 5. The summed E-state index contributed by atoms with van der Waals surface area (Å²) in [5.41, 5.74) is 9.96. The van der Waals surface area contributed by atoms with Gasteiger partial charge in [0, 0.05) is 11.8 Å². The van der Waals surface area contributed by atoms with Gasteiger partial charge in [-0.15, -0.1) is 0 Å². The van der Waals surface area contributed by atoms with Gasteiger partial charge >= 0.3 is 19.7 Å². The molecular weight excluding hydrogens is 637 g/mol. The van der Waals surface area contributed by atoms with Gasteiger partial charge in [-0.1, -0.05) is 26.7 Å². The molecule has 1 aliphatic heterocycles. The largest absolute Gasteiger partial charge is 0.465 e. The maximum Gasteiger partial charge on any atom is 0.459 e. The number of aliphatic hydroxyl groups excluding tert-OH is 2. The van der Waals surface area contributed by atoms with Gasteiger partial charge in [-0.3, -0.25) is 9.32 Å². The smallest absolute Gasteiger partial charge is 0.459 e. The number of esters is 2. The van der Waals surface area contributed by atoms with Gasteiger partial charge in [-0.05, 0) is 37.1 Å². The normalized spacial score (nSPS) is 22.8. The molecule has 1 aliphatic rings. The fourth-order valence-corrected chi connectivity index (χ4v) is 6.49. The summed E-state index contributed by atoms with van der Waals surface area (Å²) >= 11 is 0. The molecule has 1 fully saturated rings. The minimum absolute atomic E-state index is 0.0343. The maximum atomic E-state index is 14.3. The van der Waals surface area contributed by atoms with Crippen LogP contribution in [0, 0.1) is 17.2 Å². The number of nitriles is 1. The van der Waals surface area contributed by atoms with E-state index in [9.17, 15) is 29.6 Å². The molecule has 0 amide bonds. The van der Waals surface area contributed by atoms with Crippen molar-refractivity contribution in [1.29, 1.82) is 5.26 Å². The van der Waals surface area contributed by atoms with Crippen molar-refractivity contribution in [3.8, 4) is 11.8 Å². The Kier molecular flexibility index (Phi) is 11.1.